The zero-order chi connectivity index (χ0) is 18.8. The van der Waals surface area contributed by atoms with E-state index in [0.717, 1.165) is 16.8 Å². The van der Waals surface area contributed by atoms with Gasteiger partial charge in [0.25, 0.3) is 5.91 Å². The van der Waals surface area contributed by atoms with Crippen LogP contribution in [0.25, 0.3) is 16.7 Å². The number of aromatic nitrogens is 2. The number of hydrogen-bond donors (Lipinski definition) is 2. The molecule has 0 saturated carbocycles. The van der Waals surface area contributed by atoms with E-state index in [0.29, 0.717) is 22.6 Å². The summed E-state index contributed by atoms with van der Waals surface area (Å²) in [5.41, 5.74) is 4.41. The lowest BCUT2D eigenvalue weighted by Gasteiger charge is -2.04. The Morgan fingerprint density at radius 1 is 1.19 bits per heavy atom. The van der Waals surface area contributed by atoms with E-state index in [1.165, 1.54) is 6.08 Å². The van der Waals surface area contributed by atoms with Gasteiger partial charge in [0.2, 0.25) is 5.91 Å². The van der Waals surface area contributed by atoms with Crippen LogP contribution in [-0.4, -0.2) is 22.0 Å². The lowest BCUT2D eigenvalue weighted by Crippen LogP contribution is -2.21. The van der Waals surface area contributed by atoms with Crippen molar-refractivity contribution in [2.24, 2.45) is 0 Å². The lowest BCUT2D eigenvalue weighted by molar-refractivity contribution is -0.117. The summed E-state index contributed by atoms with van der Waals surface area (Å²) in [6, 6.07) is 11.2. The van der Waals surface area contributed by atoms with Crippen molar-refractivity contribution < 1.29 is 14.1 Å². The van der Waals surface area contributed by atoms with Gasteiger partial charge in [-0.3, -0.25) is 14.6 Å². The molecule has 2 amide bonds. The summed E-state index contributed by atoms with van der Waals surface area (Å²) >= 11 is 0. The van der Waals surface area contributed by atoms with Crippen LogP contribution in [-0.2, 0) is 16.1 Å². The number of pyridine rings is 1. The fourth-order valence-electron chi connectivity index (χ4n) is 2.92. The van der Waals surface area contributed by atoms with Gasteiger partial charge in [-0.25, -0.2) is 0 Å². The Balaban J connectivity index is 1.54. The maximum atomic E-state index is 12.3. The third-order valence-corrected chi connectivity index (χ3v) is 4.21. The molecule has 0 unspecified atom stereocenters. The predicted molar refractivity (Wildman–Crippen MR) is 99.4 cm³/mol. The van der Waals surface area contributed by atoms with E-state index in [9.17, 15) is 9.59 Å². The molecule has 1 aliphatic heterocycles. The first kappa shape index (κ1) is 16.7. The van der Waals surface area contributed by atoms with Crippen molar-refractivity contribution >= 4 is 23.1 Å². The van der Waals surface area contributed by atoms with Crippen LogP contribution < -0.4 is 10.6 Å². The van der Waals surface area contributed by atoms with Gasteiger partial charge in [-0.2, -0.15) is 0 Å². The Hall–Kier alpha value is -3.74. The first-order valence-electron chi connectivity index (χ1n) is 8.38. The zero-order valence-electron chi connectivity index (χ0n) is 14.5. The summed E-state index contributed by atoms with van der Waals surface area (Å²) in [6.07, 6.45) is 4.73. The van der Waals surface area contributed by atoms with Crippen molar-refractivity contribution in [3.05, 3.63) is 71.9 Å². The number of nitrogens with one attached hydrogen (secondary N) is 2. The van der Waals surface area contributed by atoms with Crippen LogP contribution in [0.5, 0.6) is 0 Å². The summed E-state index contributed by atoms with van der Waals surface area (Å²) < 4.78 is 5.05. The zero-order valence-corrected chi connectivity index (χ0v) is 14.5. The molecule has 0 aliphatic carbocycles. The third-order valence-electron chi connectivity index (χ3n) is 4.21. The first-order chi connectivity index (χ1) is 13.1. The highest BCUT2D eigenvalue weighted by atomic mass is 16.5. The number of nitrogens with zero attached hydrogens (tertiary/aromatic N) is 2. The molecule has 0 saturated heterocycles. The number of carbonyl (C=O) groups is 2. The number of amides is 2. The lowest BCUT2D eigenvalue weighted by atomic mass is 10.0. The molecule has 3 heterocycles. The third kappa shape index (κ3) is 3.48. The van der Waals surface area contributed by atoms with E-state index in [1.807, 2.05) is 30.3 Å². The van der Waals surface area contributed by atoms with Crippen molar-refractivity contribution in [3.63, 3.8) is 0 Å². The number of anilines is 1. The number of carbonyl (C=O) groups excluding carboxylic acids is 2. The van der Waals surface area contributed by atoms with E-state index in [4.69, 9.17) is 4.52 Å². The van der Waals surface area contributed by atoms with Crippen LogP contribution in [0, 0.1) is 6.92 Å². The van der Waals surface area contributed by atoms with Crippen LogP contribution >= 0.6 is 0 Å². The standard InChI is InChI=1S/C20H16N4O3/c1-12-8-15(27-24-12)11-22-19(25)10-17-16-3-2-14(9-18(16)23-20(17)26)13-4-6-21-7-5-13/h2-10H,11H2,1H3,(H,22,25)(H,23,26)/b17-10-. The number of benzene rings is 1. The number of hydrogen-bond acceptors (Lipinski definition) is 5. The molecule has 0 spiro atoms. The second-order valence-electron chi connectivity index (χ2n) is 6.16. The normalized spacial score (nSPS) is 14.1. The van der Waals surface area contributed by atoms with E-state index in [-0.39, 0.29) is 18.4 Å². The Morgan fingerprint density at radius 2 is 2.00 bits per heavy atom. The predicted octanol–water partition coefficient (Wildman–Crippen LogP) is 2.70. The number of rotatable bonds is 4. The molecule has 1 aliphatic rings. The van der Waals surface area contributed by atoms with Crippen LogP contribution in [0.1, 0.15) is 17.0 Å². The van der Waals surface area contributed by atoms with Gasteiger partial charge in [-0.15, -0.1) is 0 Å². The second-order valence-corrected chi connectivity index (χ2v) is 6.16. The fraction of sp³-hybridized carbons (Fsp3) is 0.100. The van der Waals surface area contributed by atoms with Crippen molar-refractivity contribution in [1.82, 2.24) is 15.5 Å². The molecule has 7 nitrogen and oxygen atoms in total. The molecule has 0 radical (unpaired) electrons. The van der Waals surface area contributed by atoms with Gasteiger partial charge in [0.1, 0.15) is 0 Å². The minimum atomic E-state index is -0.375. The largest absolute Gasteiger partial charge is 0.359 e. The molecule has 3 aromatic rings. The SMILES string of the molecule is Cc1cc(CNC(=O)/C=C2\C(=O)Nc3cc(-c4ccncc4)ccc32)on1. The summed E-state index contributed by atoms with van der Waals surface area (Å²) in [4.78, 5) is 28.5. The minimum absolute atomic E-state index is 0.207. The molecular weight excluding hydrogens is 344 g/mol. The van der Waals surface area contributed by atoms with E-state index < -0.39 is 0 Å². The molecular formula is C20H16N4O3. The minimum Gasteiger partial charge on any atom is -0.359 e. The highest BCUT2D eigenvalue weighted by Crippen LogP contribution is 2.35. The van der Waals surface area contributed by atoms with Gasteiger partial charge in [0, 0.05) is 35.8 Å². The van der Waals surface area contributed by atoms with Gasteiger partial charge >= 0.3 is 0 Å². The summed E-state index contributed by atoms with van der Waals surface area (Å²) in [7, 11) is 0. The molecule has 2 N–H and O–H groups in total. The Kier molecular flexibility index (Phi) is 4.25. The molecule has 0 bridgehead atoms. The molecule has 27 heavy (non-hydrogen) atoms. The Labute approximate surface area is 155 Å². The van der Waals surface area contributed by atoms with Gasteiger partial charge in [-0.05, 0) is 36.2 Å². The van der Waals surface area contributed by atoms with Gasteiger partial charge < -0.3 is 15.2 Å². The maximum absolute atomic E-state index is 12.3. The van der Waals surface area contributed by atoms with Crippen molar-refractivity contribution in [1.29, 1.82) is 0 Å². The van der Waals surface area contributed by atoms with Crippen molar-refractivity contribution in [2.75, 3.05) is 5.32 Å². The smallest absolute Gasteiger partial charge is 0.256 e. The maximum Gasteiger partial charge on any atom is 0.256 e. The van der Waals surface area contributed by atoms with Crippen molar-refractivity contribution in [3.8, 4) is 11.1 Å². The molecule has 2 aromatic heterocycles. The molecule has 134 valence electrons. The van der Waals surface area contributed by atoms with E-state index in [2.05, 4.69) is 20.8 Å². The van der Waals surface area contributed by atoms with Gasteiger partial charge in [0.05, 0.1) is 17.8 Å². The van der Waals surface area contributed by atoms with Crippen molar-refractivity contribution in [2.45, 2.75) is 13.5 Å². The van der Waals surface area contributed by atoms with Crippen LogP contribution in [0.15, 0.2) is 59.4 Å². The fourth-order valence-corrected chi connectivity index (χ4v) is 2.92. The van der Waals surface area contributed by atoms with Crippen LogP contribution in [0.2, 0.25) is 0 Å². The average Bonchev–Trinajstić information content (AvgIpc) is 3.23. The monoisotopic (exact) mass is 360 g/mol. The van der Waals surface area contributed by atoms with Crippen LogP contribution in [0.3, 0.4) is 0 Å². The van der Waals surface area contributed by atoms with E-state index in [1.54, 1.807) is 25.4 Å². The summed E-state index contributed by atoms with van der Waals surface area (Å²) in [5, 5.41) is 9.26. The average molecular weight is 360 g/mol. The van der Waals surface area contributed by atoms with Gasteiger partial charge in [-0.1, -0.05) is 17.3 Å². The number of aryl methyl sites for hydroxylation is 1. The second kappa shape index (κ2) is 6.87. The Morgan fingerprint density at radius 3 is 2.74 bits per heavy atom. The van der Waals surface area contributed by atoms with Crippen LogP contribution in [0.4, 0.5) is 5.69 Å². The Bertz CT molecular complexity index is 1050. The first-order valence-corrected chi connectivity index (χ1v) is 8.38. The summed E-state index contributed by atoms with van der Waals surface area (Å²) in [6.45, 7) is 2.01. The number of fused-ring (bicyclic) bond motifs is 1. The highest BCUT2D eigenvalue weighted by molar-refractivity contribution is 6.34. The topological polar surface area (TPSA) is 97.1 Å². The molecule has 0 atom stereocenters. The highest BCUT2D eigenvalue weighted by Gasteiger charge is 2.25. The quantitative estimate of drug-likeness (QED) is 0.697. The molecule has 7 heteroatoms. The molecule has 0 fully saturated rings. The molecule has 4 rings (SSSR count). The van der Waals surface area contributed by atoms with Gasteiger partial charge in [0.15, 0.2) is 5.76 Å². The summed E-state index contributed by atoms with van der Waals surface area (Å²) in [5.74, 6) is -0.125. The van der Waals surface area contributed by atoms with E-state index >= 15 is 0 Å². The molecule has 1 aromatic carbocycles.